The Labute approximate surface area is 109 Å². The van der Waals surface area contributed by atoms with Crippen molar-refractivity contribution in [2.75, 3.05) is 17.3 Å². The van der Waals surface area contributed by atoms with Gasteiger partial charge in [-0.2, -0.15) is 0 Å². The molecule has 5 nitrogen and oxygen atoms in total. The minimum absolute atomic E-state index is 0.00972. The van der Waals surface area contributed by atoms with Gasteiger partial charge >= 0.3 is 0 Å². The van der Waals surface area contributed by atoms with E-state index in [2.05, 4.69) is 15.7 Å². The minimum Gasteiger partial charge on any atom is -0.376 e. The van der Waals surface area contributed by atoms with Gasteiger partial charge < -0.3 is 15.5 Å². The number of pyridine rings is 1. The van der Waals surface area contributed by atoms with Gasteiger partial charge in [0, 0.05) is 12.7 Å². The second-order valence-electron chi connectivity index (χ2n) is 5.01. The van der Waals surface area contributed by atoms with Crippen LogP contribution in [0, 0.1) is 17.6 Å². The Morgan fingerprint density at radius 3 is 2.63 bits per heavy atom. The van der Waals surface area contributed by atoms with Crippen molar-refractivity contribution in [1.82, 2.24) is 4.98 Å². The van der Waals surface area contributed by atoms with Gasteiger partial charge in [0.05, 0.1) is 12.1 Å². The summed E-state index contributed by atoms with van der Waals surface area (Å²) in [5.74, 6) is 3.98. The Hall–Kier alpha value is -1.47. The molecule has 0 amide bonds. The first-order chi connectivity index (χ1) is 9.19. The number of ether oxygens (including phenoxy) is 1. The van der Waals surface area contributed by atoms with Crippen molar-refractivity contribution in [1.29, 1.82) is 0 Å². The third-order valence-corrected chi connectivity index (χ3v) is 3.61. The van der Waals surface area contributed by atoms with Crippen molar-refractivity contribution in [2.45, 2.75) is 31.4 Å². The molecule has 0 aromatic carbocycles. The maximum atomic E-state index is 13.7. The van der Waals surface area contributed by atoms with E-state index in [1.165, 1.54) is 0 Å². The molecule has 0 spiro atoms. The molecule has 2 fully saturated rings. The number of nitrogens with one attached hydrogen (secondary N) is 2. The van der Waals surface area contributed by atoms with Crippen molar-refractivity contribution in [3.8, 4) is 0 Å². The monoisotopic (exact) mass is 270 g/mol. The lowest BCUT2D eigenvalue weighted by molar-refractivity contribution is 0.0897. The maximum Gasteiger partial charge on any atom is 0.178 e. The Kier molecular flexibility index (Phi) is 3.24. The Morgan fingerprint density at radius 1 is 1.21 bits per heavy atom. The van der Waals surface area contributed by atoms with Crippen molar-refractivity contribution in [3.63, 3.8) is 0 Å². The summed E-state index contributed by atoms with van der Waals surface area (Å²) in [7, 11) is 0. The zero-order valence-electron chi connectivity index (χ0n) is 10.3. The van der Waals surface area contributed by atoms with Crippen molar-refractivity contribution >= 4 is 11.6 Å². The summed E-state index contributed by atoms with van der Waals surface area (Å²) in [5, 5.41) is 3.01. The van der Waals surface area contributed by atoms with Gasteiger partial charge in [-0.25, -0.2) is 19.6 Å². The second kappa shape index (κ2) is 4.90. The van der Waals surface area contributed by atoms with Crippen LogP contribution < -0.4 is 16.6 Å². The molecule has 0 bridgehead atoms. The number of aromatic nitrogens is 1. The van der Waals surface area contributed by atoms with Gasteiger partial charge in [-0.05, 0) is 25.2 Å². The number of rotatable bonds is 4. The lowest BCUT2D eigenvalue weighted by atomic mass is 10.1. The Morgan fingerprint density at radius 2 is 1.95 bits per heavy atom. The van der Waals surface area contributed by atoms with E-state index in [4.69, 9.17) is 10.6 Å². The zero-order valence-corrected chi connectivity index (χ0v) is 10.3. The van der Waals surface area contributed by atoms with Crippen LogP contribution in [0.2, 0.25) is 0 Å². The smallest absolute Gasteiger partial charge is 0.178 e. The standard InChI is InChI=1S/C12H16F2N4O/c13-7-5-8(14)12(18-15)17-11(7)16-9-3-4-19-10(9)6-1-2-6/h5-6,9-10H,1-4,15H2,(H2,16,17,18). The highest BCUT2D eigenvalue weighted by molar-refractivity contribution is 5.47. The average Bonchev–Trinajstić information content (AvgIpc) is 3.13. The number of anilines is 2. The topological polar surface area (TPSA) is 72.2 Å². The fourth-order valence-corrected chi connectivity index (χ4v) is 2.50. The quantitative estimate of drug-likeness (QED) is 0.573. The van der Waals surface area contributed by atoms with E-state index in [1.807, 2.05) is 0 Å². The van der Waals surface area contributed by atoms with Crippen LogP contribution in [-0.4, -0.2) is 23.7 Å². The minimum atomic E-state index is -0.813. The molecular formula is C12H16F2N4O. The first-order valence-electron chi connectivity index (χ1n) is 6.40. The van der Waals surface area contributed by atoms with E-state index in [0.29, 0.717) is 12.5 Å². The summed E-state index contributed by atoms with van der Waals surface area (Å²) in [6.45, 7) is 0.656. The molecule has 2 atom stereocenters. The summed E-state index contributed by atoms with van der Waals surface area (Å²) < 4.78 is 32.6. The number of nitrogen functional groups attached to an aromatic ring is 1. The molecule has 1 aliphatic carbocycles. The summed E-state index contributed by atoms with van der Waals surface area (Å²) in [6, 6.07) is 0.789. The van der Waals surface area contributed by atoms with Crippen LogP contribution in [0.15, 0.2) is 6.07 Å². The van der Waals surface area contributed by atoms with Crippen LogP contribution in [0.3, 0.4) is 0 Å². The third-order valence-electron chi connectivity index (χ3n) is 3.61. The summed E-state index contributed by atoms with van der Waals surface area (Å²) in [4.78, 5) is 3.82. The predicted molar refractivity (Wildman–Crippen MR) is 66.5 cm³/mol. The molecule has 1 aromatic rings. The maximum absolute atomic E-state index is 13.7. The van der Waals surface area contributed by atoms with Crippen LogP contribution in [0.5, 0.6) is 0 Å². The molecular weight excluding hydrogens is 254 g/mol. The van der Waals surface area contributed by atoms with Gasteiger partial charge in [0.25, 0.3) is 0 Å². The lowest BCUT2D eigenvalue weighted by Crippen LogP contribution is -2.32. The van der Waals surface area contributed by atoms with Gasteiger partial charge in [-0.15, -0.1) is 0 Å². The highest BCUT2D eigenvalue weighted by Gasteiger charge is 2.41. The number of hydrogen-bond donors (Lipinski definition) is 3. The number of halogens is 2. The molecule has 2 unspecified atom stereocenters. The van der Waals surface area contributed by atoms with Gasteiger partial charge in [-0.1, -0.05) is 0 Å². The molecule has 3 rings (SSSR count). The number of nitrogens with zero attached hydrogens (tertiary/aromatic N) is 1. The van der Waals surface area contributed by atoms with Gasteiger partial charge in [0.1, 0.15) is 0 Å². The van der Waals surface area contributed by atoms with Crippen LogP contribution >= 0.6 is 0 Å². The molecule has 7 heteroatoms. The van der Waals surface area contributed by atoms with Gasteiger partial charge in [0.15, 0.2) is 23.3 Å². The van der Waals surface area contributed by atoms with Crippen molar-refractivity contribution < 1.29 is 13.5 Å². The molecule has 104 valence electrons. The van der Waals surface area contributed by atoms with E-state index in [9.17, 15) is 8.78 Å². The van der Waals surface area contributed by atoms with Crippen LogP contribution in [-0.2, 0) is 4.74 Å². The third kappa shape index (κ3) is 2.48. The molecule has 1 saturated carbocycles. The molecule has 1 aromatic heterocycles. The number of hydrazine groups is 1. The SMILES string of the molecule is NNc1nc(NC2CCOC2C2CC2)c(F)cc1F. The summed E-state index contributed by atoms with van der Waals surface area (Å²) in [6.07, 6.45) is 3.20. The van der Waals surface area contributed by atoms with E-state index in [0.717, 1.165) is 25.3 Å². The van der Waals surface area contributed by atoms with Crippen molar-refractivity contribution in [3.05, 3.63) is 17.7 Å². The van der Waals surface area contributed by atoms with E-state index in [-0.39, 0.29) is 23.8 Å². The highest BCUT2D eigenvalue weighted by Crippen LogP contribution is 2.39. The fourth-order valence-electron chi connectivity index (χ4n) is 2.50. The normalized spacial score (nSPS) is 26.5. The summed E-state index contributed by atoms with van der Waals surface area (Å²) >= 11 is 0. The number of hydrogen-bond acceptors (Lipinski definition) is 5. The molecule has 2 heterocycles. The summed E-state index contributed by atoms with van der Waals surface area (Å²) in [5.41, 5.74) is 2.11. The van der Waals surface area contributed by atoms with Crippen LogP contribution in [0.4, 0.5) is 20.4 Å². The van der Waals surface area contributed by atoms with Gasteiger partial charge in [-0.3, -0.25) is 0 Å². The van der Waals surface area contributed by atoms with Crippen LogP contribution in [0.25, 0.3) is 0 Å². The van der Waals surface area contributed by atoms with E-state index in [1.54, 1.807) is 0 Å². The largest absolute Gasteiger partial charge is 0.376 e. The number of nitrogens with two attached hydrogens (primary N) is 1. The Bertz CT molecular complexity index is 481. The van der Waals surface area contributed by atoms with Crippen LogP contribution in [0.1, 0.15) is 19.3 Å². The van der Waals surface area contributed by atoms with E-state index >= 15 is 0 Å². The van der Waals surface area contributed by atoms with Crippen molar-refractivity contribution in [2.24, 2.45) is 11.8 Å². The van der Waals surface area contributed by atoms with E-state index < -0.39 is 11.6 Å². The first kappa shape index (κ1) is 12.6. The molecule has 19 heavy (non-hydrogen) atoms. The molecule has 2 aliphatic rings. The zero-order chi connectivity index (χ0) is 13.4. The molecule has 4 N–H and O–H groups in total. The average molecular weight is 270 g/mol. The highest BCUT2D eigenvalue weighted by atomic mass is 19.1. The molecule has 1 saturated heterocycles. The molecule has 0 radical (unpaired) electrons. The second-order valence-corrected chi connectivity index (χ2v) is 5.01. The first-order valence-corrected chi connectivity index (χ1v) is 6.40. The lowest BCUT2D eigenvalue weighted by Gasteiger charge is -2.20. The fraction of sp³-hybridized carbons (Fsp3) is 0.583. The predicted octanol–water partition coefficient (Wildman–Crippen LogP) is 1.62. The molecule has 1 aliphatic heterocycles. The Balaban J connectivity index is 1.78. The van der Waals surface area contributed by atoms with Gasteiger partial charge in [0.2, 0.25) is 0 Å².